The average molecular weight is 279 g/mol. The summed E-state index contributed by atoms with van der Waals surface area (Å²) in [4.78, 5) is 13.4. The number of rotatable bonds is 3. The Balaban J connectivity index is 2.60. The topological polar surface area (TPSA) is 20.3 Å². The van der Waals surface area contributed by atoms with E-state index >= 15 is 0 Å². The number of nitrogens with zero attached hydrogens (tertiary/aromatic N) is 1. The van der Waals surface area contributed by atoms with E-state index in [0.29, 0.717) is 12.5 Å². The van der Waals surface area contributed by atoms with Crippen LogP contribution in [0.1, 0.15) is 6.92 Å². The summed E-state index contributed by atoms with van der Waals surface area (Å²) in [6, 6.07) is 0. The molecule has 68 valence electrons. The summed E-state index contributed by atoms with van der Waals surface area (Å²) in [5.74, 6) is 1.04. The third-order valence-corrected chi connectivity index (χ3v) is 3.54. The van der Waals surface area contributed by atoms with E-state index in [-0.39, 0.29) is 11.8 Å². The summed E-state index contributed by atoms with van der Waals surface area (Å²) in [5.41, 5.74) is 0. The maximum absolute atomic E-state index is 11.5. The molecule has 2 nitrogen and oxygen atoms in total. The van der Waals surface area contributed by atoms with Gasteiger partial charge in [0.25, 0.3) is 0 Å². The zero-order chi connectivity index (χ0) is 9.14. The molecule has 3 heteroatoms. The minimum atomic E-state index is 0.210. The van der Waals surface area contributed by atoms with Gasteiger partial charge in [0.2, 0.25) is 5.91 Å². The quantitative estimate of drug-likeness (QED) is 0.437. The van der Waals surface area contributed by atoms with Gasteiger partial charge in [0.05, 0.1) is 0 Å². The Bertz CT molecular complexity index is 193. The Hall–Kier alpha value is -0.0600. The van der Waals surface area contributed by atoms with E-state index in [4.69, 9.17) is 0 Å². The molecule has 0 aromatic heterocycles. The van der Waals surface area contributed by atoms with E-state index in [0.717, 1.165) is 11.0 Å². The fourth-order valence-corrected chi connectivity index (χ4v) is 2.56. The molecule has 1 fully saturated rings. The van der Waals surface area contributed by atoms with Crippen LogP contribution < -0.4 is 0 Å². The van der Waals surface area contributed by atoms with Crippen molar-refractivity contribution in [1.29, 1.82) is 0 Å². The van der Waals surface area contributed by atoms with Gasteiger partial charge in [-0.05, 0) is 5.92 Å². The lowest BCUT2D eigenvalue weighted by molar-refractivity contribution is -0.130. The molecule has 0 bridgehead atoms. The first-order chi connectivity index (χ1) is 5.70. The van der Waals surface area contributed by atoms with Gasteiger partial charge in [0.15, 0.2) is 0 Å². The molecule has 0 saturated carbocycles. The minimum absolute atomic E-state index is 0.210. The summed E-state index contributed by atoms with van der Waals surface area (Å²) in [5, 5.41) is 0. The molecule has 1 aliphatic rings. The summed E-state index contributed by atoms with van der Waals surface area (Å²) < 4.78 is 1.07. The molecule has 1 amide bonds. The minimum Gasteiger partial charge on any atom is -0.338 e. The van der Waals surface area contributed by atoms with Crippen molar-refractivity contribution in [3.63, 3.8) is 0 Å². The summed E-state index contributed by atoms with van der Waals surface area (Å²) >= 11 is 2.35. The van der Waals surface area contributed by atoms with E-state index < -0.39 is 0 Å². The van der Waals surface area contributed by atoms with Crippen LogP contribution in [0.15, 0.2) is 12.7 Å². The standard InChI is InChI=1S/C9H14INO/c1-3-4-11-6-8(5-10)7(2)9(11)12/h3,7-8H,1,4-6H2,2H3. The highest BCUT2D eigenvalue weighted by atomic mass is 127. The first-order valence-electron chi connectivity index (χ1n) is 4.16. The van der Waals surface area contributed by atoms with E-state index in [1.54, 1.807) is 6.08 Å². The molecule has 2 atom stereocenters. The van der Waals surface area contributed by atoms with Gasteiger partial charge in [-0.15, -0.1) is 6.58 Å². The molecule has 1 heterocycles. The van der Waals surface area contributed by atoms with Crippen LogP contribution in [0.3, 0.4) is 0 Å². The van der Waals surface area contributed by atoms with Crippen LogP contribution >= 0.6 is 22.6 Å². The molecule has 1 aliphatic heterocycles. The highest BCUT2D eigenvalue weighted by Crippen LogP contribution is 2.25. The van der Waals surface area contributed by atoms with Crippen molar-refractivity contribution in [2.45, 2.75) is 6.92 Å². The lowest BCUT2D eigenvalue weighted by Gasteiger charge is -2.12. The second kappa shape index (κ2) is 4.25. The molecule has 2 unspecified atom stereocenters. The van der Waals surface area contributed by atoms with Crippen molar-refractivity contribution in [2.75, 3.05) is 17.5 Å². The Morgan fingerprint density at radius 2 is 2.50 bits per heavy atom. The highest BCUT2D eigenvalue weighted by molar-refractivity contribution is 14.1. The van der Waals surface area contributed by atoms with Gasteiger partial charge in [-0.1, -0.05) is 35.6 Å². The van der Waals surface area contributed by atoms with E-state index in [2.05, 4.69) is 29.2 Å². The molecule has 1 saturated heterocycles. The number of halogens is 1. The number of carbonyl (C=O) groups excluding carboxylic acids is 1. The lowest BCUT2D eigenvalue weighted by Crippen LogP contribution is -2.26. The van der Waals surface area contributed by atoms with E-state index in [9.17, 15) is 4.79 Å². The smallest absolute Gasteiger partial charge is 0.226 e. The first-order valence-corrected chi connectivity index (χ1v) is 5.69. The summed E-state index contributed by atoms with van der Waals surface area (Å²) in [6.07, 6.45) is 1.79. The molecule has 0 aromatic rings. The third-order valence-electron chi connectivity index (χ3n) is 2.41. The maximum Gasteiger partial charge on any atom is 0.226 e. The zero-order valence-electron chi connectivity index (χ0n) is 7.29. The predicted octanol–water partition coefficient (Wildman–Crippen LogP) is 1.70. The van der Waals surface area contributed by atoms with Crippen molar-refractivity contribution in [1.82, 2.24) is 4.90 Å². The molecule has 0 spiro atoms. The van der Waals surface area contributed by atoms with Crippen LogP contribution in [0, 0.1) is 11.8 Å². The van der Waals surface area contributed by atoms with E-state index in [1.165, 1.54) is 0 Å². The van der Waals surface area contributed by atoms with Gasteiger partial charge >= 0.3 is 0 Å². The largest absolute Gasteiger partial charge is 0.338 e. The van der Waals surface area contributed by atoms with Crippen LogP contribution in [0.4, 0.5) is 0 Å². The normalized spacial score (nSPS) is 29.5. The predicted molar refractivity (Wildman–Crippen MR) is 58.3 cm³/mol. The Labute approximate surface area is 87.1 Å². The van der Waals surface area contributed by atoms with Crippen LogP contribution in [-0.4, -0.2) is 28.3 Å². The van der Waals surface area contributed by atoms with Crippen molar-refractivity contribution >= 4 is 28.5 Å². The molecule has 1 rings (SSSR count). The monoisotopic (exact) mass is 279 g/mol. The van der Waals surface area contributed by atoms with Gasteiger partial charge < -0.3 is 4.90 Å². The Morgan fingerprint density at radius 1 is 1.83 bits per heavy atom. The average Bonchev–Trinajstić information content (AvgIpc) is 2.33. The zero-order valence-corrected chi connectivity index (χ0v) is 9.45. The fourth-order valence-electron chi connectivity index (χ4n) is 1.52. The van der Waals surface area contributed by atoms with Crippen molar-refractivity contribution in [3.05, 3.63) is 12.7 Å². The van der Waals surface area contributed by atoms with Crippen LogP contribution in [0.5, 0.6) is 0 Å². The Kier molecular flexibility index (Phi) is 3.55. The second-order valence-corrected chi connectivity index (χ2v) is 4.12. The number of amides is 1. The maximum atomic E-state index is 11.5. The number of alkyl halides is 1. The third kappa shape index (κ3) is 1.81. The lowest BCUT2D eigenvalue weighted by atomic mass is 10.0. The molecule has 0 aromatic carbocycles. The van der Waals surface area contributed by atoms with Crippen molar-refractivity contribution < 1.29 is 4.79 Å². The number of hydrogen-bond donors (Lipinski definition) is 0. The van der Waals surface area contributed by atoms with Gasteiger partial charge in [-0.2, -0.15) is 0 Å². The SMILES string of the molecule is C=CCN1CC(CI)C(C)C1=O. The Morgan fingerprint density at radius 3 is 2.92 bits per heavy atom. The van der Waals surface area contributed by atoms with Crippen LogP contribution in [-0.2, 0) is 4.79 Å². The number of likely N-dealkylation sites (tertiary alicyclic amines) is 1. The van der Waals surface area contributed by atoms with Crippen LogP contribution in [0.25, 0.3) is 0 Å². The fraction of sp³-hybridized carbons (Fsp3) is 0.667. The van der Waals surface area contributed by atoms with Crippen molar-refractivity contribution in [2.24, 2.45) is 11.8 Å². The van der Waals surface area contributed by atoms with E-state index in [1.807, 2.05) is 11.8 Å². The van der Waals surface area contributed by atoms with Crippen molar-refractivity contribution in [3.8, 4) is 0 Å². The highest BCUT2D eigenvalue weighted by Gasteiger charge is 2.35. The molecule has 12 heavy (non-hydrogen) atoms. The molecule has 0 aliphatic carbocycles. The second-order valence-electron chi connectivity index (χ2n) is 3.23. The molecule has 0 radical (unpaired) electrons. The van der Waals surface area contributed by atoms with Gasteiger partial charge in [-0.25, -0.2) is 0 Å². The van der Waals surface area contributed by atoms with Gasteiger partial charge in [-0.3, -0.25) is 4.79 Å². The van der Waals surface area contributed by atoms with Crippen LogP contribution in [0.2, 0.25) is 0 Å². The van der Waals surface area contributed by atoms with Gasteiger partial charge in [0.1, 0.15) is 0 Å². The van der Waals surface area contributed by atoms with Gasteiger partial charge in [0, 0.05) is 23.4 Å². The summed E-state index contributed by atoms with van der Waals surface area (Å²) in [7, 11) is 0. The summed E-state index contributed by atoms with van der Waals surface area (Å²) in [6.45, 7) is 7.28. The number of carbonyl (C=O) groups is 1. The first kappa shape index (κ1) is 10.0. The molecular weight excluding hydrogens is 265 g/mol. The molecular formula is C9H14INO. The number of hydrogen-bond acceptors (Lipinski definition) is 1. The molecule has 0 N–H and O–H groups in total.